The van der Waals surface area contributed by atoms with Gasteiger partial charge in [-0.25, -0.2) is 13.1 Å². The normalized spacial score (nSPS) is 11.8. The Morgan fingerprint density at radius 1 is 0.929 bits per heavy atom. The molecule has 0 aliphatic rings. The second kappa shape index (κ2) is 7.48. The van der Waals surface area contributed by atoms with Crippen LogP contribution in [0.15, 0.2) is 35.5 Å². The molecule has 0 spiro atoms. The topological polar surface area (TPSA) is 76.9 Å². The van der Waals surface area contributed by atoms with E-state index in [1.54, 1.807) is 17.1 Å². The number of sulfonamides is 1. The van der Waals surface area contributed by atoms with E-state index in [9.17, 15) is 8.42 Å². The highest BCUT2D eigenvalue weighted by Gasteiger charge is 2.23. The first-order chi connectivity index (χ1) is 13.1. The molecule has 7 heteroatoms. The van der Waals surface area contributed by atoms with Gasteiger partial charge >= 0.3 is 0 Å². The number of aromatic nitrogens is 3. The molecule has 0 aliphatic carbocycles. The highest BCUT2D eigenvalue weighted by atomic mass is 32.2. The van der Waals surface area contributed by atoms with E-state index in [0.29, 0.717) is 10.6 Å². The van der Waals surface area contributed by atoms with Gasteiger partial charge in [-0.15, -0.1) is 0 Å². The Balaban J connectivity index is 1.90. The van der Waals surface area contributed by atoms with Crippen molar-refractivity contribution in [3.8, 4) is 11.3 Å². The number of hydrogen-bond donors (Lipinski definition) is 1. The lowest BCUT2D eigenvalue weighted by Gasteiger charge is -2.18. The van der Waals surface area contributed by atoms with Crippen LogP contribution in [0.4, 0.5) is 0 Å². The van der Waals surface area contributed by atoms with Crippen LogP contribution in [0.3, 0.4) is 0 Å². The molecule has 0 saturated heterocycles. The molecule has 0 radical (unpaired) electrons. The number of benzene rings is 1. The predicted octanol–water partition coefficient (Wildman–Crippen LogP) is 3.50. The van der Waals surface area contributed by atoms with Gasteiger partial charge in [-0.1, -0.05) is 0 Å². The third kappa shape index (κ3) is 3.59. The van der Waals surface area contributed by atoms with Crippen molar-refractivity contribution in [1.82, 2.24) is 19.5 Å². The lowest BCUT2D eigenvalue weighted by atomic mass is 9.95. The lowest BCUT2D eigenvalue weighted by molar-refractivity contribution is 0.578. The van der Waals surface area contributed by atoms with Crippen molar-refractivity contribution >= 4 is 10.0 Å². The Labute approximate surface area is 166 Å². The Morgan fingerprint density at radius 2 is 1.46 bits per heavy atom. The maximum atomic E-state index is 13.1. The first-order valence-corrected chi connectivity index (χ1v) is 10.6. The third-order valence-electron chi connectivity index (χ3n) is 5.55. The van der Waals surface area contributed by atoms with Gasteiger partial charge in [0.2, 0.25) is 10.0 Å². The van der Waals surface area contributed by atoms with E-state index >= 15 is 0 Å². The van der Waals surface area contributed by atoms with Gasteiger partial charge in [-0.3, -0.25) is 9.67 Å². The summed E-state index contributed by atoms with van der Waals surface area (Å²) in [5, 5.41) is 4.45. The van der Waals surface area contributed by atoms with Crippen molar-refractivity contribution < 1.29 is 8.42 Å². The molecule has 1 N–H and O–H groups in total. The van der Waals surface area contributed by atoms with E-state index in [-0.39, 0.29) is 6.54 Å². The SMILES string of the molecule is Cc1c(C)c(C)c(S(=O)(=O)NCc2cc(-c3ccncc3)n(C)n2)c(C)c1C. The van der Waals surface area contributed by atoms with Crippen LogP contribution in [0.1, 0.15) is 33.5 Å². The van der Waals surface area contributed by atoms with E-state index in [4.69, 9.17) is 0 Å². The molecule has 0 fully saturated rings. The van der Waals surface area contributed by atoms with Crippen LogP contribution in [0.5, 0.6) is 0 Å². The number of rotatable bonds is 5. The third-order valence-corrected chi connectivity index (χ3v) is 7.22. The van der Waals surface area contributed by atoms with Crippen LogP contribution in [0.2, 0.25) is 0 Å². The number of nitrogens with one attached hydrogen (secondary N) is 1. The molecule has 6 nitrogen and oxygen atoms in total. The zero-order chi connectivity index (χ0) is 20.6. The fraction of sp³-hybridized carbons (Fsp3) is 0.333. The summed E-state index contributed by atoms with van der Waals surface area (Å²) in [4.78, 5) is 4.40. The summed E-state index contributed by atoms with van der Waals surface area (Å²) in [6, 6.07) is 5.69. The highest BCUT2D eigenvalue weighted by Crippen LogP contribution is 2.29. The monoisotopic (exact) mass is 398 g/mol. The first kappa shape index (κ1) is 20.2. The fourth-order valence-corrected chi connectivity index (χ4v) is 5.11. The summed E-state index contributed by atoms with van der Waals surface area (Å²) in [6.45, 7) is 9.83. The first-order valence-electron chi connectivity index (χ1n) is 9.13. The molecule has 28 heavy (non-hydrogen) atoms. The Kier molecular flexibility index (Phi) is 5.41. The minimum atomic E-state index is -3.66. The van der Waals surface area contributed by atoms with E-state index < -0.39 is 10.0 Å². The summed E-state index contributed by atoms with van der Waals surface area (Å²) >= 11 is 0. The fourth-order valence-electron chi connectivity index (χ4n) is 3.52. The molecule has 0 saturated carbocycles. The largest absolute Gasteiger partial charge is 0.268 e. The number of hydrogen-bond acceptors (Lipinski definition) is 4. The van der Waals surface area contributed by atoms with Crippen molar-refractivity contribution in [2.24, 2.45) is 7.05 Å². The van der Waals surface area contributed by atoms with E-state index in [1.165, 1.54) is 0 Å². The van der Waals surface area contributed by atoms with Crippen molar-refractivity contribution in [1.29, 1.82) is 0 Å². The summed E-state index contributed by atoms with van der Waals surface area (Å²) in [5.41, 5.74) is 7.32. The molecule has 0 aliphatic heterocycles. The summed E-state index contributed by atoms with van der Waals surface area (Å²) in [6.07, 6.45) is 3.44. The van der Waals surface area contributed by atoms with Crippen LogP contribution < -0.4 is 4.72 Å². The van der Waals surface area contributed by atoms with Gasteiger partial charge in [0.25, 0.3) is 0 Å². The summed E-state index contributed by atoms with van der Waals surface area (Å²) in [7, 11) is -1.82. The van der Waals surface area contributed by atoms with E-state index in [1.807, 2.05) is 59.9 Å². The van der Waals surface area contributed by atoms with Crippen LogP contribution in [-0.4, -0.2) is 23.2 Å². The zero-order valence-corrected chi connectivity index (χ0v) is 18.0. The van der Waals surface area contributed by atoms with Crippen LogP contribution in [-0.2, 0) is 23.6 Å². The predicted molar refractivity (Wildman–Crippen MR) is 111 cm³/mol. The van der Waals surface area contributed by atoms with Crippen molar-refractivity contribution in [2.75, 3.05) is 0 Å². The molecule has 2 heterocycles. The van der Waals surface area contributed by atoms with Crippen LogP contribution in [0, 0.1) is 34.6 Å². The quantitative estimate of drug-likeness (QED) is 0.714. The van der Waals surface area contributed by atoms with Crippen LogP contribution in [0.25, 0.3) is 11.3 Å². The zero-order valence-electron chi connectivity index (χ0n) is 17.2. The molecule has 2 aromatic heterocycles. The van der Waals surface area contributed by atoms with Crippen molar-refractivity contribution in [2.45, 2.75) is 46.1 Å². The Hall–Kier alpha value is -2.51. The second-order valence-corrected chi connectivity index (χ2v) is 8.86. The second-order valence-electron chi connectivity index (χ2n) is 7.16. The summed E-state index contributed by atoms with van der Waals surface area (Å²) < 4.78 is 30.6. The van der Waals surface area contributed by atoms with Gasteiger partial charge in [-0.05, 0) is 80.6 Å². The van der Waals surface area contributed by atoms with Gasteiger partial charge < -0.3 is 0 Å². The lowest BCUT2D eigenvalue weighted by Crippen LogP contribution is -2.26. The average molecular weight is 399 g/mol. The van der Waals surface area contributed by atoms with Crippen molar-refractivity contribution in [3.05, 3.63) is 64.1 Å². The number of pyridine rings is 1. The van der Waals surface area contributed by atoms with Crippen molar-refractivity contribution in [3.63, 3.8) is 0 Å². The molecule has 0 atom stereocenters. The molecule has 0 unspecified atom stereocenters. The molecule has 0 amide bonds. The summed E-state index contributed by atoms with van der Waals surface area (Å²) in [5.74, 6) is 0. The van der Waals surface area contributed by atoms with Crippen LogP contribution >= 0.6 is 0 Å². The van der Waals surface area contributed by atoms with Gasteiger partial charge in [0.05, 0.1) is 22.8 Å². The van der Waals surface area contributed by atoms with Gasteiger partial charge in [0, 0.05) is 25.0 Å². The molecule has 148 valence electrons. The molecular weight excluding hydrogens is 372 g/mol. The Bertz CT molecular complexity index is 1100. The number of aryl methyl sites for hydroxylation is 1. The molecule has 3 aromatic rings. The number of nitrogens with zero attached hydrogens (tertiary/aromatic N) is 3. The minimum absolute atomic E-state index is 0.131. The smallest absolute Gasteiger partial charge is 0.241 e. The molecule has 1 aromatic carbocycles. The van der Waals surface area contributed by atoms with E-state index in [2.05, 4.69) is 14.8 Å². The van der Waals surface area contributed by atoms with Gasteiger partial charge in [0.15, 0.2) is 0 Å². The minimum Gasteiger partial charge on any atom is -0.268 e. The maximum Gasteiger partial charge on any atom is 0.241 e. The maximum absolute atomic E-state index is 13.1. The van der Waals surface area contributed by atoms with Gasteiger partial charge in [-0.2, -0.15) is 5.10 Å². The van der Waals surface area contributed by atoms with E-state index in [0.717, 1.165) is 39.1 Å². The average Bonchev–Trinajstić information content (AvgIpc) is 3.05. The molecule has 3 rings (SSSR count). The molecular formula is C21H26N4O2S. The molecule has 0 bridgehead atoms. The van der Waals surface area contributed by atoms with Gasteiger partial charge in [0.1, 0.15) is 0 Å². The Morgan fingerprint density at radius 3 is 2.04 bits per heavy atom. The highest BCUT2D eigenvalue weighted by molar-refractivity contribution is 7.89. The standard InChI is InChI=1S/C21H26N4O2S/c1-13-14(2)16(4)21(17(5)15(13)3)28(26,27)23-12-19-11-20(25(6)24-19)18-7-9-22-10-8-18/h7-11,23H,12H2,1-6H3.